The van der Waals surface area contributed by atoms with Gasteiger partial charge in [-0.05, 0) is 85.3 Å². The number of rotatable bonds is 6. The monoisotopic (exact) mass is 588 g/mol. The van der Waals surface area contributed by atoms with E-state index in [9.17, 15) is 24.6 Å². The van der Waals surface area contributed by atoms with Crippen LogP contribution in [0.15, 0.2) is 82.2 Å². The Bertz CT molecular complexity index is 1690. The number of benzene rings is 3. The highest BCUT2D eigenvalue weighted by atomic mass is 35.5. The molecule has 0 bridgehead atoms. The lowest BCUT2D eigenvalue weighted by Gasteiger charge is -2.40. The molecule has 0 fully saturated rings. The van der Waals surface area contributed by atoms with Crippen molar-refractivity contribution in [3.8, 4) is 6.07 Å². The van der Waals surface area contributed by atoms with E-state index in [0.29, 0.717) is 42.0 Å². The molecule has 1 heterocycles. The second-order valence-corrected chi connectivity index (χ2v) is 11.5. The van der Waals surface area contributed by atoms with Gasteiger partial charge in [-0.15, -0.1) is 11.8 Å². The summed E-state index contributed by atoms with van der Waals surface area (Å²) in [5.41, 5.74) is 11.9. The Morgan fingerprint density at radius 2 is 1.88 bits per heavy atom. The van der Waals surface area contributed by atoms with Crippen LogP contribution in [0.3, 0.4) is 0 Å². The van der Waals surface area contributed by atoms with Crippen molar-refractivity contribution in [1.82, 2.24) is 0 Å². The summed E-state index contributed by atoms with van der Waals surface area (Å²) < 4.78 is 13.4. The van der Waals surface area contributed by atoms with Crippen LogP contribution in [-0.2, 0) is 10.5 Å². The number of hydrogen-bond donors (Lipinski definition) is 1. The molecule has 0 saturated carbocycles. The molecule has 0 aromatic heterocycles. The molecule has 0 spiro atoms. The molecule has 1 unspecified atom stereocenters. The van der Waals surface area contributed by atoms with Crippen LogP contribution in [0, 0.1) is 41.1 Å². The number of ketones is 1. The van der Waals surface area contributed by atoms with Crippen molar-refractivity contribution >= 4 is 40.5 Å². The molecule has 0 amide bonds. The predicted octanol–water partition coefficient (Wildman–Crippen LogP) is 7.60. The molecule has 0 saturated heterocycles. The summed E-state index contributed by atoms with van der Waals surface area (Å²) in [5, 5.41) is 22.0. The van der Waals surface area contributed by atoms with Gasteiger partial charge in [0.15, 0.2) is 5.78 Å². The summed E-state index contributed by atoms with van der Waals surface area (Å²) in [5.74, 6) is -0.301. The molecule has 0 radical (unpaired) electrons. The van der Waals surface area contributed by atoms with E-state index < -0.39 is 10.8 Å². The van der Waals surface area contributed by atoms with Gasteiger partial charge in [0.05, 0.1) is 28.2 Å². The Kier molecular flexibility index (Phi) is 7.89. The Balaban J connectivity index is 1.64. The summed E-state index contributed by atoms with van der Waals surface area (Å²) in [7, 11) is 0. The number of anilines is 1. The number of nitro groups is 1. The Hall–Kier alpha value is -4.13. The molecule has 2 aliphatic rings. The van der Waals surface area contributed by atoms with E-state index in [1.54, 1.807) is 34.9 Å². The van der Waals surface area contributed by atoms with Crippen molar-refractivity contribution < 1.29 is 14.1 Å². The first-order chi connectivity index (χ1) is 19.6. The van der Waals surface area contributed by atoms with Crippen LogP contribution in [0.2, 0.25) is 5.02 Å². The second kappa shape index (κ2) is 11.4. The maximum Gasteiger partial charge on any atom is 0.289 e. The van der Waals surface area contributed by atoms with Crippen LogP contribution < -0.4 is 10.6 Å². The lowest BCUT2D eigenvalue weighted by molar-refractivity contribution is -0.384. The smallest absolute Gasteiger partial charge is 0.289 e. The molecule has 1 aliphatic heterocycles. The molecule has 10 heteroatoms. The highest BCUT2D eigenvalue weighted by Gasteiger charge is 2.41. The lowest BCUT2D eigenvalue weighted by atomic mass is 9.74. The van der Waals surface area contributed by atoms with Gasteiger partial charge >= 0.3 is 0 Å². The summed E-state index contributed by atoms with van der Waals surface area (Å²) in [6.07, 6.45) is 1.45. The van der Waals surface area contributed by atoms with Crippen molar-refractivity contribution in [3.63, 3.8) is 0 Å². The molecular weight excluding hydrogens is 563 g/mol. The molecular formula is C31H26ClFN4O3S. The minimum atomic E-state index is -0.670. The Morgan fingerprint density at radius 1 is 1.15 bits per heavy atom. The molecule has 3 aromatic rings. The summed E-state index contributed by atoms with van der Waals surface area (Å²) in [6, 6.07) is 17.0. The van der Waals surface area contributed by atoms with Gasteiger partial charge in [0.2, 0.25) is 0 Å². The first-order valence-electron chi connectivity index (χ1n) is 13.0. The fraction of sp³-hybridized carbons (Fsp3) is 0.226. The zero-order valence-electron chi connectivity index (χ0n) is 22.4. The number of halogens is 2. The van der Waals surface area contributed by atoms with E-state index in [2.05, 4.69) is 6.07 Å². The summed E-state index contributed by atoms with van der Waals surface area (Å²) in [4.78, 5) is 27.1. The Labute approximate surface area is 246 Å². The van der Waals surface area contributed by atoms with Crippen molar-refractivity contribution in [3.05, 3.63) is 120 Å². The number of nitriles is 1. The van der Waals surface area contributed by atoms with E-state index in [0.717, 1.165) is 27.1 Å². The van der Waals surface area contributed by atoms with E-state index >= 15 is 0 Å². The molecule has 5 rings (SSSR count). The number of aryl methyl sites for hydroxylation is 2. The van der Waals surface area contributed by atoms with Crippen LogP contribution in [0.1, 0.15) is 47.4 Å². The van der Waals surface area contributed by atoms with Crippen molar-refractivity contribution in [2.45, 2.75) is 49.7 Å². The highest BCUT2D eigenvalue weighted by molar-refractivity contribution is 7.98. The van der Waals surface area contributed by atoms with E-state index in [-0.39, 0.29) is 33.7 Å². The van der Waals surface area contributed by atoms with Crippen molar-refractivity contribution in [2.75, 3.05) is 4.90 Å². The summed E-state index contributed by atoms with van der Waals surface area (Å²) in [6.45, 7) is 3.96. The van der Waals surface area contributed by atoms with Gasteiger partial charge in [0, 0.05) is 34.4 Å². The topological polar surface area (TPSA) is 113 Å². The molecule has 1 atom stereocenters. The number of hydrogen-bond acceptors (Lipinski definition) is 7. The SMILES string of the molecule is Cc1cc(C)c(C2C(C#N)=C(N)N(c3ccc(Cl)c([N+](=O)[O-])c3)C3=C2C(=O)CCC3)cc1CSc1ccc(F)cc1. The number of nitrogens with two attached hydrogens (primary N) is 1. The average molecular weight is 589 g/mol. The van der Waals surface area contributed by atoms with Crippen LogP contribution >= 0.6 is 23.4 Å². The van der Waals surface area contributed by atoms with Crippen LogP contribution in [-0.4, -0.2) is 10.7 Å². The number of thioether (sulfide) groups is 1. The standard InChI is InChI=1S/C31H26ClFN4O3S/c1-17-12-18(2)23(13-19(17)16-41-22-9-6-20(33)7-10-22)29-24(15-34)31(35)36(26-4-3-5-28(38)30(26)29)21-8-11-25(32)27(14-21)37(39)40/h6-14,29H,3-5,16,35H2,1-2H3. The Morgan fingerprint density at radius 3 is 2.56 bits per heavy atom. The maximum absolute atomic E-state index is 13.6. The summed E-state index contributed by atoms with van der Waals surface area (Å²) >= 11 is 7.63. The van der Waals surface area contributed by atoms with Crippen LogP contribution in [0.5, 0.6) is 0 Å². The number of nitro benzene ring substituents is 1. The first kappa shape index (κ1) is 28.4. The second-order valence-electron chi connectivity index (χ2n) is 10.1. The van der Waals surface area contributed by atoms with Gasteiger partial charge in [-0.3, -0.25) is 19.8 Å². The fourth-order valence-corrected chi connectivity index (χ4v) is 6.70. The maximum atomic E-state index is 13.6. The number of allylic oxidation sites excluding steroid dienone is 3. The number of carbonyl (C=O) groups is 1. The van der Waals surface area contributed by atoms with Crippen LogP contribution in [0.25, 0.3) is 0 Å². The zero-order chi connectivity index (χ0) is 29.4. The highest BCUT2D eigenvalue weighted by Crippen LogP contribution is 2.48. The largest absolute Gasteiger partial charge is 0.384 e. The predicted molar refractivity (Wildman–Crippen MR) is 158 cm³/mol. The van der Waals surface area contributed by atoms with Gasteiger partial charge in [-0.25, -0.2) is 4.39 Å². The third-order valence-corrected chi connectivity index (χ3v) is 8.92. The molecule has 7 nitrogen and oxygen atoms in total. The van der Waals surface area contributed by atoms with Gasteiger partial charge in [0.25, 0.3) is 5.69 Å². The quantitative estimate of drug-likeness (QED) is 0.179. The van der Waals surface area contributed by atoms with Gasteiger partial charge in [-0.2, -0.15) is 5.26 Å². The minimum absolute atomic E-state index is 0.0214. The average Bonchev–Trinajstić information content (AvgIpc) is 2.93. The minimum Gasteiger partial charge on any atom is -0.384 e. The molecule has 41 heavy (non-hydrogen) atoms. The number of Topliss-reactive ketones (excluding diaryl/α,β-unsaturated/α-hetero) is 1. The van der Waals surface area contributed by atoms with Gasteiger partial charge in [0.1, 0.15) is 16.7 Å². The number of nitrogens with zero attached hydrogens (tertiary/aromatic N) is 3. The van der Waals surface area contributed by atoms with E-state index in [1.807, 2.05) is 26.0 Å². The number of carbonyl (C=O) groups excluding carboxylic acids is 1. The van der Waals surface area contributed by atoms with Gasteiger partial charge in [-0.1, -0.05) is 23.7 Å². The third-order valence-electron chi connectivity index (χ3n) is 7.54. The van der Waals surface area contributed by atoms with Crippen molar-refractivity contribution in [2.24, 2.45) is 5.73 Å². The lowest BCUT2D eigenvalue weighted by Crippen LogP contribution is -2.39. The first-order valence-corrected chi connectivity index (χ1v) is 14.4. The molecule has 2 N–H and O–H groups in total. The zero-order valence-corrected chi connectivity index (χ0v) is 24.0. The third kappa shape index (κ3) is 5.33. The van der Waals surface area contributed by atoms with Gasteiger partial charge < -0.3 is 5.73 Å². The van der Waals surface area contributed by atoms with Crippen molar-refractivity contribution in [1.29, 1.82) is 5.26 Å². The fourth-order valence-electron chi connectivity index (χ4n) is 5.55. The molecule has 1 aliphatic carbocycles. The molecule has 3 aromatic carbocycles. The van der Waals surface area contributed by atoms with E-state index in [1.165, 1.54) is 24.3 Å². The van der Waals surface area contributed by atoms with E-state index in [4.69, 9.17) is 17.3 Å². The normalized spacial score (nSPS) is 17.0. The van der Waals surface area contributed by atoms with Crippen LogP contribution in [0.4, 0.5) is 15.8 Å². The molecule has 208 valence electrons.